The number of nitrogens with zero attached hydrogens (tertiary/aromatic N) is 1. The van der Waals surface area contributed by atoms with Crippen LogP contribution in [0.3, 0.4) is 0 Å². The molecule has 0 bridgehead atoms. The summed E-state index contributed by atoms with van der Waals surface area (Å²) in [7, 11) is 0. The van der Waals surface area contributed by atoms with Crippen molar-refractivity contribution in [2.45, 2.75) is 13.0 Å². The molecule has 1 aliphatic heterocycles. The zero-order valence-electron chi connectivity index (χ0n) is 9.75. The Labute approximate surface area is 112 Å². The fourth-order valence-electron chi connectivity index (χ4n) is 1.88. The Morgan fingerprint density at radius 2 is 2.11 bits per heavy atom. The molecule has 0 spiro atoms. The predicted octanol–water partition coefficient (Wildman–Crippen LogP) is 2.59. The molecule has 3 nitrogen and oxygen atoms in total. The second-order valence-electron chi connectivity index (χ2n) is 4.15. The van der Waals surface area contributed by atoms with Gasteiger partial charge in [-0.3, -0.25) is 4.79 Å². The molecule has 98 valence electrons. The van der Waals surface area contributed by atoms with Crippen molar-refractivity contribution in [1.29, 1.82) is 0 Å². The monoisotopic (exact) mass is 319 g/mol. The molecule has 0 aliphatic carbocycles. The molecule has 0 radical (unpaired) electrons. The summed E-state index contributed by atoms with van der Waals surface area (Å²) in [6, 6.07) is 1.94. The molecule has 18 heavy (non-hydrogen) atoms. The Balaban J connectivity index is 2.31. The summed E-state index contributed by atoms with van der Waals surface area (Å²) in [6.07, 6.45) is -0.0990. The third-order valence-corrected chi connectivity index (χ3v) is 3.56. The van der Waals surface area contributed by atoms with Crippen LogP contribution in [0, 0.1) is 11.6 Å². The van der Waals surface area contributed by atoms with Gasteiger partial charge in [0.2, 0.25) is 0 Å². The summed E-state index contributed by atoms with van der Waals surface area (Å²) < 4.78 is 32.2. The Kier molecular flexibility index (Phi) is 3.97. The standard InChI is InChI=1S/C12H12BrF2NO2/c1-7-6-16(4-5-18-7)12(17)10-8(14)2-3-9(15)11(10)13/h2-3,7H,4-6H2,1H3/t7-/m1/s1. The van der Waals surface area contributed by atoms with Crippen LogP contribution < -0.4 is 0 Å². The van der Waals surface area contributed by atoms with Gasteiger partial charge in [0.25, 0.3) is 5.91 Å². The number of ether oxygens (including phenoxy) is 1. The quantitative estimate of drug-likeness (QED) is 0.745. The van der Waals surface area contributed by atoms with E-state index >= 15 is 0 Å². The molecule has 1 aromatic carbocycles. The number of benzene rings is 1. The minimum atomic E-state index is -0.729. The summed E-state index contributed by atoms with van der Waals surface area (Å²) in [5, 5.41) is 0. The topological polar surface area (TPSA) is 29.5 Å². The molecule has 1 atom stereocenters. The van der Waals surface area contributed by atoms with E-state index in [0.29, 0.717) is 19.7 Å². The van der Waals surface area contributed by atoms with Crippen LogP contribution in [-0.2, 0) is 4.74 Å². The van der Waals surface area contributed by atoms with E-state index in [9.17, 15) is 13.6 Å². The van der Waals surface area contributed by atoms with Crippen LogP contribution in [0.4, 0.5) is 8.78 Å². The Morgan fingerprint density at radius 3 is 2.78 bits per heavy atom. The molecule has 1 aromatic rings. The number of rotatable bonds is 1. The molecule has 1 saturated heterocycles. The maximum Gasteiger partial charge on any atom is 0.258 e. The van der Waals surface area contributed by atoms with E-state index in [-0.39, 0.29) is 16.1 Å². The lowest BCUT2D eigenvalue weighted by molar-refractivity contribution is -0.0126. The van der Waals surface area contributed by atoms with Crippen molar-refractivity contribution in [3.63, 3.8) is 0 Å². The van der Waals surface area contributed by atoms with E-state index in [1.807, 2.05) is 6.92 Å². The van der Waals surface area contributed by atoms with Crippen molar-refractivity contribution in [1.82, 2.24) is 4.90 Å². The first kappa shape index (κ1) is 13.4. The summed E-state index contributed by atoms with van der Waals surface area (Å²) in [5.41, 5.74) is -0.260. The molecule has 0 aromatic heterocycles. The smallest absolute Gasteiger partial charge is 0.258 e. The molecule has 6 heteroatoms. The van der Waals surface area contributed by atoms with Crippen molar-refractivity contribution in [2.75, 3.05) is 19.7 Å². The fraction of sp³-hybridized carbons (Fsp3) is 0.417. The molecule has 0 N–H and O–H groups in total. The third kappa shape index (κ3) is 2.54. The molecule has 1 aliphatic rings. The highest BCUT2D eigenvalue weighted by Gasteiger charge is 2.27. The van der Waals surface area contributed by atoms with Gasteiger partial charge in [-0.05, 0) is 35.0 Å². The summed E-state index contributed by atoms with van der Waals surface area (Å²) >= 11 is 2.92. The highest BCUT2D eigenvalue weighted by molar-refractivity contribution is 9.10. The largest absolute Gasteiger partial charge is 0.375 e. The Morgan fingerprint density at radius 1 is 1.44 bits per heavy atom. The minimum absolute atomic E-state index is 0.0990. The van der Waals surface area contributed by atoms with E-state index in [1.165, 1.54) is 4.90 Å². The van der Waals surface area contributed by atoms with E-state index in [4.69, 9.17) is 4.74 Å². The number of hydrogen-bond donors (Lipinski definition) is 0. The normalized spacial score (nSPS) is 20.0. The van der Waals surface area contributed by atoms with E-state index in [2.05, 4.69) is 15.9 Å². The van der Waals surface area contributed by atoms with Gasteiger partial charge in [0.1, 0.15) is 11.6 Å². The molecular formula is C12H12BrF2NO2. The van der Waals surface area contributed by atoms with Gasteiger partial charge < -0.3 is 9.64 Å². The molecule has 1 amide bonds. The fourth-order valence-corrected chi connectivity index (χ4v) is 2.38. The first-order valence-corrected chi connectivity index (χ1v) is 6.34. The lowest BCUT2D eigenvalue weighted by Gasteiger charge is -2.31. The van der Waals surface area contributed by atoms with Crippen LogP contribution in [-0.4, -0.2) is 36.6 Å². The first-order chi connectivity index (χ1) is 8.50. The van der Waals surface area contributed by atoms with Gasteiger partial charge >= 0.3 is 0 Å². The van der Waals surface area contributed by atoms with Gasteiger partial charge in [0.05, 0.1) is 22.7 Å². The van der Waals surface area contributed by atoms with Crippen molar-refractivity contribution < 1.29 is 18.3 Å². The maximum atomic E-state index is 13.7. The van der Waals surface area contributed by atoms with Crippen molar-refractivity contribution in [2.24, 2.45) is 0 Å². The van der Waals surface area contributed by atoms with Crippen molar-refractivity contribution in [3.8, 4) is 0 Å². The van der Waals surface area contributed by atoms with Gasteiger partial charge in [-0.15, -0.1) is 0 Å². The van der Waals surface area contributed by atoms with Crippen LogP contribution in [0.2, 0.25) is 0 Å². The number of carbonyl (C=O) groups is 1. The second-order valence-corrected chi connectivity index (χ2v) is 4.94. The SMILES string of the molecule is C[C@@H]1CN(C(=O)c2c(F)ccc(F)c2Br)CCO1. The van der Waals surface area contributed by atoms with E-state index in [0.717, 1.165) is 12.1 Å². The van der Waals surface area contributed by atoms with Crippen LogP contribution in [0.5, 0.6) is 0 Å². The predicted molar refractivity (Wildman–Crippen MR) is 65.4 cm³/mol. The number of halogens is 3. The van der Waals surface area contributed by atoms with Gasteiger partial charge in [-0.1, -0.05) is 0 Å². The lowest BCUT2D eigenvalue weighted by Crippen LogP contribution is -2.44. The number of carbonyl (C=O) groups excluding carboxylic acids is 1. The molecule has 1 fully saturated rings. The third-order valence-electron chi connectivity index (χ3n) is 2.79. The lowest BCUT2D eigenvalue weighted by atomic mass is 10.1. The molecular weight excluding hydrogens is 308 g/mol. The van der Waals surface area contributed by atoms with Crippen LogP contribution in [0.25, 0.3) is 0 Å². The second kappa shape index (κ2) is 5.32. The molecule has 2 rings (SSSR count). The van der Waals surface area contributed by atoms with Crippen molar-refractivity contribution in [3.05, 3.63) is 33.8 Å². The average molecular weight is 320 g/mol. The van der Waals surface area contributed by atoms with Crippen LogP contribution in [0.15, 0.2) is 16.6 Å². The summed E-state index contributed by atoms with van der Waals surface area (Å²) in [4.78, 5) is 13.6. The minimum Gasteiger partial charge on any atom is -0.375 e. The van der Waals surface area contributed by atoms with Gasteiger partial charge in [-0.25, -0.2) is 8.78 Å². The van der Waals surface area contributed by atoms with E-state index in [1.54, 1.807) is 0 Å². The Bertz CT molecular complexity index is 481. The molecule has 0 unspecified atom stereocenters. The zero-order chi connectivity index (χ0) is 13.3. The van der Waals surface area contributed by atoms with Gasteiger partial charge in [0.15, 0.2) is 0 Å². The maximum absolute atomic E-state index is 13.7. The summed E-state index contributed by atoms with van der Waals surface area (Å²) in [5.74, 6) is -1.90. The average Bonchev–Trinajstić information content (AvgIpc) is 2.34. The number of amides is 1. The molecule has 1 heterocycles. The highest BCUT2D eigenvalue weighted by Crippen LogP contribution is 2.25. The zero-order valence-corrected chi connectivity index (χ0v) is 11.3. The van der Waals surface area contributed by atoms with Crippen LogP contribution >= 0.6 is 15.9 Å². The van der Waals surface area contributed by atoms with Gasteiger partial charge in [0, 0.05) is 13.1 Å². The van der Waals surface area contributed by atoms with Crippen LogP contribution in [0.1, 0.15) is 17.3 Å². The number of morpholine rings is 1. The highest BCUT2D eigenvalue weighted by atomic mass is 79.9. The van der Waals surface area contributed by atoms with E-state index < -0.39 is 17.5 Å². The van der Waals surface area contributed by atoms with Gasteiger partial charge in [-0.2, -0.15) is 0 Å². The van der Waals surface area contributed by atoms with Crippen molar-refractivity contribution >= 4 is 21.8 Å². The Hall–Kier alpha value is -1.01. The number of hydrogen-bond acceptors (Lipinski definition) is 2. The first-order valence-electron chi connectivity index (χ1n) is 5.55. The summed E-state index contributed by atoms with van der Waals surface area (Å²) in [6.45, 7) is 2.99. The molecule has 0 saturated carbocycles.